The van der Waals surface area contributed by atoms with E-state index in [0.29, 0.717) is 24.3 Å². The Morgan fingerprint density at radius 1 is 1.20 bits per heavy atom. The minimum atomic E-state index is -0.823. The Bertz CT molecular complexity index is 1190. The fraction of sp³-hybridized carbons (Fsp3) is 0.286. The number of hydrogen-bond acceptors (Lipinski definition) is 5. The van der Waals surface area contributed by atoms with Crippen LogP contribution in [0.5, 0.6) is 5.75 Å². The van der Waals surface area contributed by atoms with Gasteiger partial charge >= 0.3 is 0 Å². The van der Waals surface area contributed by atoms with Crippen molar-refractivity contribution >= 4 is 34.2 Å². The molecule has 9 heteroatoms. The molecule has 2 heterocycles. The molecule has 6 nitrogen and oxygen atoms in total. The summed E-state index contributed by atoms with van der Waals surface area (Å²) in [5.41, 5.74) is -0.553. The molecule has 1 aliphatic heterocycles. The summed E-state index contributed by atoms with van der Waals surface area (Å²) in [5, 5.41) is 10.4. The number of aromatic nitrogens is 2. The third-order valence-corrected chi connectivity index (χ3v) is 6.12. The maximum Gasteiger partial charge on any atom is 0.219 e. The second-order valence-electron chi connectivity index (χ2n) is 7.55. The summed E-state index contributed by atoms with van der Waals surface area (Å²) in [5.74, 6) is -1.45. The number of rotatable bonds is 2. The monoisotopic (exact) mass is 430 g/mol. The average Bonchev–Trinajstić information content (AvgIpc) is 3.50. The Morgan fingerprint density at radius 2 is 2.00 bits per heavy atom. The van der Waals surface area contributed by atoms with Crippen LogP contribution >= 0.6 is 11.6 Å². The molecule has 0 bridgehead atoms. The molecule has 1 amide bonds. The standard InChI is InChI=1S/C21H17ClF2N4O2/c1-10(29)27-5-6-28(15-8-14(15)27)21-11-7-12(22)17(19(24)20(11)25-9-26-21)18-13(23)3-2-4-16(18)30/h2-4,7,9,14-15,30H,5-6,8H2,1H3. The van der Waals surface area contributed by atoms with Gasteiger partial charge in [-0.1, -0.05) is 17.7 Å². The lowest BCUT2D eigenvalue weighted by Crippen LogP contribution is -2.48. The first-order chi connectivity index (χ1) is 14.4. The van der Waals surface area contributed by atoms with E-state index in [2.05, 4.69) is 9.97 Å². The van der Waals surface area contributed by atoms with Crippen LogP contribution < -0.4 is 4.90 Å². The Balaban J connectivity index is 1.64. The highest BCUT2D eigenvalue weighted by molar-refractivity contribution is 6.34. The van der Waals surface area contributed by atoms with Gasteiger partial charge in [0.05, 0.1) is 22.7 Å². The van der Waals surface area contributed by atoms with Crippen molar-refractivity contribution < 1.29 is 18.7 Å². The number of halogens is 3. The van der Waals surface area contributed by atoms with Crippen LogP contribution in [0.25, 0.3) is 22.0 Å². The zero-order valence-corrected chi connectivity index (χ0v) is 16.7. The average molecular weight is 431 g/mol. The fourth-order valence-corrected chi connectivity index (χ4v) is 4.66. The van der Waals surface area contributed by atoms with E-state index in [0.717, 1.165) is 12.5 Å². The highest BCUT2D eigenvalue weighted by Crippen LogP contribution is 2.44. The lowest BCUT2D eigenvalue weighted by Gasteiger charge is -2.34. The molecule has 1 aliphatic carbocycles. The van der Waals surface area contributed by atoms with Crippen molar-refractivity contribution in [2.75, 3.05) is 18.0 Å². The van der Waals surface area contributed by atoms with Crippen LogP contribution in [0.4, 0.5) is 14.6 Å². The number of benzene rings is 2. The maximum atomic E-state index is 15.5. The molecule has 3 aromatic rings. The van der Waals surface area contributed by atoms with E-state index in [9.17, 15) is 14.3 Å². The van der Waals surface area contributed by atoms with Crippen molar-refractivity contribution in [1.29, 1.82) is 0 Å². The van der Waals surface area contributed by atoms with Gasteiger partial charge in [-0.3, -0.25) is 4.79 Å². The maximum absolute atomic E-state index is 15.5. The largest absolute Gasteiger partial charge is 0.507 e. The summed E-state index contributed by atoms with van der Waals surface area (Å²) in [6, 6.07) is 5.46. The van der Waals surface area contributed by atoms with Gasteiger partial charge in [-0.15, -0.1) is 0 Å². The van der Waals surface area contributed by atoms with E-state index in [-0.39, 0.29) is 39.7 Å². The number of fused-ring (bicyclic) bond motifs is 2. The number of piperazine rings is 1. The van der Waals surface area contributed by atoms with Gasteiger partial charge in [0.1, 0.15) is 29.2 Å². The molecule has 2 unspecified atom stereocenters. The molecule has 0 spiro atoms. The first-order valence-electron chi connectivity index (χ1n) is 9.53. The Labute approximate surface area is 175 Å². The number of anilines is 1. The fourth-order valence-electron chi connectivity index (χ4n) is 4.37. The van der Waals surface area contributed by atoms with Crippen LogP contribution in [0, 0.1) is 11.6 Å². The van der Waals surface area contributed by atoms with Gasteiger partial charge in [0.2, 0.25) is 5.91 Å². The Kier molecular flexibility index (Phi) is 4.28. The van der Waals surface area contributed by atoms with Gasteiger partial charge in [0.25, 0.3) is 0 Å². The number of hydrogen-bond donors (Lipinski definition) is 1. The number of phenols is 1. The Hall–Kier alpha value is -3.00. The summed E-state index contributed by atoms with van der Waals surface area (Å²) in [6.45, 7) is 2.67. The van der Waals surface area contributed by atoms with Gasteiger partial charge < -0.3 is 14.9 Å². The number of phenolic OH excluding ortho intramolecular Hbond substituents is 1. The van der Waals surface area contributed by atoms with Crippen LogP contribution in [0.2, 0.25) is 5.02 Å². The molecule has 5 rings (SSSR count). The molecule has 2 aliphatic rings. The van der Waals surface area contributed by atoms with Crippen molar-refractivity contribution in [1.82, 2.24) is 14.9 Å². The van der Waals surface area contributed by atoms with E-state index >= 15 is 4.39 Å². The highest BCUT2D eigenvalue weighted by Gasteiger charge is 2.50. The molecule has 1 saturated heterocycles. The number of amides is 1. The Morgan fingerprint density at radius 3 is 2.73 bits per heavy atom. The first kappa shape index (κ1) is 19.0. The SMILES string of the molecule is CC(=O)N1CCN(c2ncnc3c(F)c(-c4c(O)cccc4F)c(Cl)cc23)C2CC21. The highest BCUT2D eigenvalue weighted by atomic mass is 35.5. The smallest absolute Gasteiger partial charge is 0.219 e. The van der Waals surface area contributed by atoms with Crippen LogP contribution in [0.15, 0.2) is 30.6 Å². The van der Waals surface area contributed by atoms with Crippen molar-refractivity contribution in [3.05, 3.63) is 47.2 Å². The van der Waals surface area contributed by atoms with E-state index in [1.54, 1.807) is 6.92 Å². The third kappa shape index (κ3) is 2.78. The molecule has 1 saturated carbocycles. The number of nitrogens with zero attached hydrogens (tertiary/aromatic N) is 4. The lowest BCUT2D eigenvalue weighted by molar-refractivity contribution is -0.129. The van der Waals surface area contributed by atoms with Gasteiger partial charge in [0.15, 0.2) is 5.82 Å². The zero-order chi connectivity index (χ0) is 21.2. The topological polar surface area (TPSA) is 69.6 Å². The quantitative estimate of drug-likeness (QED) is 0.670. The molecular formula is C21H17ClF2N4O2. The summed E-state index contributed by atoms with van der Waals surface area (Å²) in [6.07, 6.45) is 2.08. The normalized spacial score (nSPS) is 20.4. The van der Waals surface area contributed by atoms with E-state index in [1.807, 2.05) is 9.80 Å². The predicted molar refractivity (Wildman–Crippen MR) is 108 cm³/mol. The lowest BCUT2D eigenvalue weighted by atomic mass is 10.0. The van der Waals surface area contributed by atoms with Gasteiger partial charge in [-0.05, 0) is 24.6 Å². The van der Waals surface area contributed by atoms with Crippen molar-refractivity contribution in [2.24, 2.45) is 0 Å². The van der Waals surface area contributed by atoms with Gasteiger partial charge in [0, 0.05) is 31.0 Å². The minimum absolute atomic E-state index is 0.00625. The molecule has 2 aromatic carbocycles. The number of aromatic hydroxyl groups is 1. The molecule has 2 fully saturated rings. The van der Waals surface area contributed by atoms with E-state index in [1.165, 1.54) is 24.5 Å². The predicted octanol–water partition coefficient (Wildman–Crippen LogP) is 3.74. The molecule has 154 valence electrons. The molecule has 0 radical (unpaired) electrons. The molecule has 30 heavy (non-hydrogen) atoms. The van der Waals surface area contributed by atoms with Crippen molar-refractivity contribution in [3.8, 4) is 16.9 Å². The van der Waals surface area contributed by atoms with E-state index in [4.69, 9.17) is 11.6 Å². The minimum Gasteiger partial charge on any atom is -0.507 e. The zero-order valence-electron chi connectivity index (χ0n) is 15.9. The third-order valence-electron chi connectivity index (χ3n) is 5.82. The van der Waals surface area contributed by atoms with Crippen LogP contribution in [0.1, 0.15) is 13.3 Å². The van der Waals surface area contributed by atoms with Crippen LogP contribution in [-0.4, -0.2) is 51.1 Å². The van der Waals surface area contributed by atoms with Crippen LogP contribution in [-0.2, 0) is 4.79 Å². The molecule has 1 aromatic heterocycles. The van der Waals surface area contributed by atoms with Gasteiger partial charge in [-0.2, -0.15) is 0 Å². The second kappa shape index (κ2) is 6.77. The summed E-state index contributed by atoms with van der Waals surface area (Å²) < 4.78 is 29.8. The summed E-state index contributed by atoms with van der Waals surface area (Å²) in [7, 11) is 0. The van der Waals surface area contributed by atoms with Crippen molar-refractivity contribution in [3.63, 3.8) is 0 Å². The second-order valence-corrected chi connectivity index (χ2v) is 7.96. The molecule has 2 atom stereocenters. The number of carbonyl (C=O) groups is 1. The van der Waals surface area contributed by atoms with Crippen molar-refractivity contribution in [2.45, 2.75) is 25.4 Å². The number of carbonyl (C=O) groups excluding carboxylic acids is 1. The van der Waals surface area contributed by atoms with Crippen LogP contribution in [0.3, 0.4) is 0 Å². The summed E-state index contributed by atoms with van der Waals surface area (Å²) >= 11 is 6.36. The summed E-state index contributed by atoms with van der Waals surface area (Å²) in [4.78, 5) is 24.1. The first-order valence-corrected chi connectivity index (χ1v) is 9.90. The molecule has 1 N–H and O–H groups in total. The molecular weight excluding hydrogens is 414 g/mol. The van der Waals surface area contributed by atoms with Gasteiger partial charge in [-0.25, -0.2) is 18.7 Å². The van der Waals surface area contributed by atoms with E-state index < -0.39 is 17.4 Å².